The normalized spacial score (nSPS) is 10.7. The summed E-state index contributed by atoms with van der Waals surface area (Å²) in [4.78, 5) is 27.3. The van der Waals surface area contributed by atoms with Crippen molar-refractivity contribution >= 4 is 34.1 Å². The van der Waals surface area contributed by atoms with Gasteiger partial charge in [-0.05, 0) is 55.3 Å². The molecule has 0 saturated heterocycles. The van der Waals surface area contributed by atoms with E-state index in [0.717, 1.165) is 22.0 Å². The topological polar surface area (TPSA) is 83.2 Å². The molecule has 0 saturated carbocycles. The third-order valence-electron chi connectivity index (χ3n) is 4.01. The van der Waals surface area contributed by atoms with E-state index >= 15 is 0 Å². The van der Waals surface area contributed by atoms with Crippen LogP contribution in [0.25, 0.3) is 10.9 Å². The lowest BCUT2D eigenvalue weighted by molar-refractivity contribution is -0.119. The van der Waals surface area contributed by atoms with Crippen molar-refractivity contribution in [3.8, 4) is 0 Å². The molecule has 0 atom stereocenters. The third-order valence-corrected chi connectivity index (χ3v) is 4.01. The molecule has 0 aliphatic carbocycles. The van der Waals surface area contributed by atoms with Gasteiger partial charge in [0.25, 0.3) is 5.91 Å². The predicted octanol–water partition coefficient (Wildman–Crippen LogP) is 3.62. The fourth-order valence-corrected chi connectivity index (χ4v) is 2.92. The molecule has 3 N–H and O–H groups in total. The van der Waals surface area contributed by atoms with Crippen molar-refractivity contribution in [3.63, 3.8) is 0 Å². The van der Waals surface area contributed by atoms with E-state index in [0.29, 0.717) is 17.1 Å². The smallest absolute Gasteiger partial charge is 0.272 e. The Morgan fingerprint density at radius 1 is 1.04 bits per heavy atom. The Labute approximate surface area is 151 Å². The monoisotopic (exact) mass is 351 g/mol. The second kappa shape index (κ2) is 7.41. The van der Waals surface area contributed by atoms with Crippen LogP contribution in [0.3, 0.4) is 0 Å². The molecule has 6 heteroatoms. The molecule has 1 aromatic heterocycles. The Kier molecular flexibility index (Phi) is 5.04. The average molecular weight is 351 g/mol. The molecule has 0 unspecified atom stereocenters. The SMILES string of the molecule is COCC(=O)Nc1cccc(NC(=O)c2cc3c(C)cc(C)cc3[nH]2)c1. The number of hydrogen-bond donors (Lipinski definition) is 3. The molecule has 2 amide bonds. The Bertz CT molecular complexity index is 976. The van der Waals surface area contributed by atoms with Crippen molar-refractivity contribution in [2.24, 2.45) is 0 Å². The van der Waals surface area contributed by atoms with Crippen LogP contribution in [0, 0.1) is 13.8 Å². The number of amides is 2. The number of nitrogens with one attached hydrogen (secondary N) is 3. The van der Waals surface area contributed by atoms with Crippen molar-refractivity contribution in [2.75, 3.05) is 24.4 Å². The maximum Gasteiger partial charge on any atom is 0.272 e. The number of carbonyl (C=O) groups is 2. The van der Waals surface area contributed by atoms with E-state index in [1.54, 1.807) is 24.3 Å². The average Bonchev–Trinajstić information content (AvgIpc) is 3.00. The van der Waals surface area contributed by atoms with Gasteiger partial charge in [0.05, 0.1) is 0 Å². The quantitative estimate of drug-likeness (QED) is 0.656. The number of aryl methyl sites for hydroxylation is 2. The molecule has 26 heavy (non-hydrogen) atoms. The number of methoxy groups -OCH3 is 1. The van der Waals surface area contributed by atoms with E-state index < -0.39 is 0 Å². The summed E-state index contributed by atoms with van der Waals surface area (Å²) >= 11 is 0. The Balaban J connectivity index is 1.78. The van der Waals surface area contributed by atoms with E-state index in [4.69, 9.17) is 4.74 Å². The zero-order chi connectivity index (χ0) is 18.7. The van der Waals surface area contributed by atoms with Gasteiger partial charge in [0.1, 0.15) is 12.3 Å². The lowest BCUT2D eigenvalue weighted by Crippen LogP contribution is -2.17. The molecule has 0 bridgehead atoms. The van der Waals surface area contributed by atoms with E-state index in [1.165, 1.54) is 7.11 Å². The molecule has 0 radical (unpaired) electrons. The lowest BCUT2D eigenvalue weighted by Gasteiger charge is -2.08. The highest BCUT2D eigenvalue weighted by Crippen LogP contribution is 2.22. The molecular weight excluding hydrogens is 330 g/mol. The summed E-state index contributed by atoms with van der Waals surface area (Å²) in [7, 11) is 1.46. The summed E-state index contributed by atoms with van der Waals surface area (Å²) in [6.07, 6.45) is 0. The fraction of sp³-hybridized carbons (Fsp3) is 0.200. The van der Waals surface area contributed by atoms with Gasteiger partial charge in [-0.15, -0.1) is 0 Å². The molecule has 0 aliphatic rings. The second-order valence-electron chi connectivity index (χ2n) is 6.24. The minimum absolute atomic E-state index is 0.0234. The van der Waals surface area contributed by atoms with E-state index in [1.807, 2.05) is 26.0 Å². The molecule has 6 nitrogen and oxygen atoms in total. The van der Waals surface area contributed by atoms with Crippen LogP contribution in [0.5, 0.6) is 0 Å². The van der Waals surface area contributed by atoms with Gasteiger partial charge in [0, 0.05) is 29.4 Å². The highest BCUT2D eigenvalue weighted by atomic mass is 16.5. The second-order valence-corrected chi connectivity index (χ2v) is 6.24. The summed E-state index contributed by atoms with van der Waals surface area (Å²) in [6, 6.07) is 12.9. The number of aromatic amines is 1. The minimum Gasteiger partial charge on any atom is -0.375 e. The first-order valence-corrected chi connectivity index (χ1v) is 8.26. The van der Waals surface area contributed by atoms with Gasteiger partial charge in [-0.25, -0.2) is 0 Å². The van der Waals surface area contributed by atoms with Crippen LogP contribution in [0.4, 0.5) is 11.4 Å². The molecule has 3 rings (SSSR count). The standard InChI is InChI=1S/C20H21N3O3/c1-12-7-13(2)16-10-18(23-17(16)8-12)20(25)22-15-6-4-5-14(9-15)21-19(24)11-26-3/h4-10,23H,11H2,1-3H3,(H,21,24)(H,22,25). The number of fused-ring (bicyclic) bond motifs is 1. The first-order chi connectivity index (χ1) is 12.5. The number of H-pyrrole nitrogens is 1. The van der Waals surface area contributed by atoms with Gasteiger partial charge < -0.3 is 20.4 Å². The largest absolute Gasteiger partial charge is 0.375 e. The fourth-order valence-electron chi connectivity index (χ4n) is 2.92. The van der Waals surface area contributed by atoms with Crippen LogP contribution in [0.1, 0.15) is 21.6 Å². The van der Waals surface area contributed by atoms with Gasteiger partial charge in [0.2, 0.25) is 5.91 Å². The number of anilines is 2. The molecule has 3 aromatic rings. The first kappa shape index (κ1) is 17.7. The van der Waals surface area contributed by atoms with Gasteiger partial charge in [-0.3, -0.25) is 9.59 Å². The van der Waals surface area contributed by atoms with Crippen LogP contribution in [0.15, 0.2) is 42.5 Å². The summed E-state index contributed by atoms with van der Waals surface area (Å²) < 4.78 is 4.79. The summed E-state index contributed by atoms with van der Waals surface area (Å²) in [5.74, 6) is -0.490. The van der Waals surface area contributed by atoms with E-state index in [-0.39, 0.29) is 18.4 Å². The molecule has 2 aromatic carbocycles. The molecule has 0 spiro atoms. The number of carbonyl (C=O) groups excluding carboxylic acids is 2. The third kappa shape index (κ3) is 3.92. The molecule has 0 aliphatic heterocycles. The Morgan fingerprint density at radius 3 is 2.50 bits per heavy atom. The van der Waals surface area contributed by atoms with Gasteiger partial charge >= 0.3 is 0 Å². The minimum atomic E-state index is -0.252. The Hall–Kier alpha value is -3.12. The van der Waals surface area contributed by atoms with Crippen molar-refractivity contribution in [1.82, 2.24) is 4.98 Å². The zero-order valence-corrected chi connectivity index (χ0v) is 15.0. The number of rotatable bonds is 5. The maximum absolute atomic E-state index is 12.6. The van der Waals surface area contributed by atoms with Crippen molar-refractivity contribution < 1.29 is 14.3 Å². The highest BCUT2D eigenvalue weighted by Gasteiger charge is 2.12. The molecular formula is C20H21N3O3. The van der Waals surface area contributed by atoms with E-state index in [2.05, 4.69) is 21.7 Å². The lowest BCUT2D eigenvalue weighted by atomic mass is 10.1. The summed E-state index contributed by atoms with van der Waals surface area (Å²) in [5, 5.41) is 6.58. The maximum atomic E-state index is 12.6. The Morgan fingerprint density at radius 2 is 1.77 bits per heavy atom. The van der Waals surface area contributed by atoms with Crippen LogP contribution >= 0.6 is 0 Å². The van der Waals surface area contributed by atoms with Crippen molar-refractivity contribution in [3.05, 3.63) is 59.3 Å². The van der Waals surface area contributed by atoms with Crippen LogP contribution < -0.4 is 10.6 Å². The van der Waals surface area contributed by atoms with Crippen LogP contribution in [-0.2, 0) is 9.53 Å². The van der Waals surface area contributed by atoms with Gasteiger partial charge in [-0.1, -0.05) is 12.1 Å². The van der Waals surface area contributed by atoms with Crippen LogP contribution in [-0.4, -0.2) is 30.5 Å². The first-order valence-electron chi connectivity index (χ1n) is 8.26. The molecule has 1 heterocycles. The zero-order valence-electron chi connectivity index (χ0n) is 15.0. The van der Waals surface area contributed by atoms with Gasteiger partial charge in [-0.2, -0.15) is 0 Å². The number of ether oxygens (including phenoxy) is 1. The molecule has 0 fully saturated rings. The van der Waals surface area contributed by atoms with Gasteiger partial charge in [0.15, 0.2) is 0 Å². The predicted molar refractivity (Wildman–Crippen MR) is 103 cm³/mol. The highest BCUT2D eigenvalue weighted by molar-refractivity contribution is 6.06. The van der Waals surface area contributed by atoms with Crippen molar-refractivity contribution in [1.29, 1.82) is 0 Å². The van der Waals surface area contributed by atoms with Crippen molar-refractivity contribution in [2.45, 2.75) is 13.8 Å². The number of benzene rings is 2. The summed E-state index contributed by atoms with van der Waals surface area (Å²) in [5.41, 5.74) is 4.88. The van der Waals surface area contributed by atoms with E-state index in [9.17, 15) is 9.59 Å². The van der Waals surface area contributed by atoms with Crippen LogP contribution in [0.2, 0.25) is 0 Å². The molecule has 134 valence electrons. The number of hydrogen-bond acceptors (Lipinski definition) is 3. The number of aromatic nitrogens is 1. The summed E-state index contributed by atoms with van der Waals surface area (Å²) in [6.45, 7) is 4.03.